The summed E-state index contributed by atoms with van der Waals surface area (Å²) in [6.45, 7) is 1.48. The van der Waals surface area contributed by atoms with Crippen LogP contribution in [0, 0.1) is 6.92 Å². The number of carbonyl (C=O) groups is 2. The Bertz CT molecular complexity index is 1160. The van der Waals surface area contributed by atoms with Gasteiger partial charge in [-0.3, -0.25) is 13.9 Å². The van der Waals surface area contributed by atoms with Crippen LogP contribution in [0.1, 0.15) is 21.5 Å². The first kappa shape index (κ1) is 21.3. The highest BCUT2D eigenvalue weighted by atomic mass is 32.2. The number of carbonyl (C=O) groups excluding carboxylic acids is 2. The van der Waals surface area contributed by atoms with Crippen molar-refractivity contribution in [2.45, 2.75) is 6.92 Å². The standard InChI is InChI=1S/C23H22N2O4S/c1-17-12-14-19(15-13-17)25(30(2,28)29)16-22(26)24-21-11-7-6-10-20(21)23(27)18-8-4-3-5-9-18/h3-15H,16H2,1-2H3,(H,24,26). The smallest absolute Gasteiger partial charge is 0.245 e. The number of hydrogen-bond acceptors (Lipinski definition) is 4. The van der Waals surface area contributed by atoms with Gasteiger partial charge in [0.05, 0.1) is 17.6 Å². The van der Waals surface area contributed by atoms with Gasteiger partial charge in [0.1, 0.15) is 6.54 Å². The Morgan fingerprint density at radius 2 is 1.47 bits per heavy atom. The summed E-state index contributed by atoms with van der Waals surface area (Å²) in [4.78, 5) is 25.5. The van der Waals surface area contributed by atoms with Gasteiger partial charge in [0.25, 0.3) is 0 Å². The van der Waals surface area contributed by atoms with Crippen LogP contribution >= 0.6 is 0 Å². The van der Waals surface area contributed by atoms with Crippen molar-refractivity contribution in [3.63, 3.8) is 0 Å². The molecule has 0 fully saturated rings. The van der Waals surface area contributed by atoms with E-state index in [0.717, 1.165) is 16.1 Å². The largest absolute Gasteiger partial charge is 0.324 e. The average molecular weight is 423 g/mol. The average Bonchev–Trinajstić information content (AvgIpc) is 2.72. The highest BCUT2D eigenvalue weighted by Gasteiger charge is 2.22. The fraction of sp³-hybridized carbons (Fsp3) is 0.130. The number of para-hydroxylation sites is 1. The molecule has 0 unspecified atom stereocenters. The van der Waals surface area contributed by atoms with Crippen LogP contribution in [0.3, 0.4) is 0 Å². The molecule has 3 aromatic rings. The lowest BCUT2D eigenvalue weighted by Crippen LogP contribution is -2.37. The molecule has 154 valence electrons. The third-order valence-electron chi connectivity index (χ3n) is 4.49. The zero-order valence-corrected chi connectivity index (χ0v) is 17.5. The molecule has 3 aromatic carbocycles. The quantitative estimate of drug-likeness (QED) is 0.590. The van der Waals surface area contributed by atoms with E-state index in [-0.39, 0.29) is 5.78 Å². The highest BCUT2D eigenvalue weighted by molar-refractivity contribution is 7.92. The molecule has 0 aliphatic heterocycles. The number of amides is 1. The van der Waals surface area contributed by atoms with Crippen LogP contribution in [0.15, 0.2) is 78.9 Å². The maximum Gasteiger partial charge on any atom is 0.245 e. The first-order valence-electron chi connectivity index (χ1n) is 9.29. The maximum atomic E-state index is 12.8. The van der Waals surface area contributed by atoms with Crippen molar-refractivity contribution in [2.24, 2.45) is 0 Å². The summed E-state index contributed by atoms with van der Waals surface area (Å²) in [5, 5.41) is 2.68. The Hall–Kier alpha value is -3.45. The summed E-state index contributed by atoms with van der Waals surface area (Å²) < 4.78 is 25.5. The number of ketones is 1. The third kappa shape index (κ3) is 5.12. The van der Waals surface area contributed by atoms with Crippen molar-refractivity contribution in [1.82, 2.24) is 0 Å². The predicted molar refractivity (Wildman–Crippen MR) is 118 cm³/mol. The number of hydrogen-bond donors (Lipinski definition) is 1. The maximum absolute atomic E-state index is 12.8. The highest BCUT2D eigenvalue weighted by Crippen LogP contribution is 2.21. The van der Waals surface area contributed by atoms with Crippen LogP contribution in [0.2, 0.25) is 0 Å². The topological polar surface area (TPSA) is 83.6 Å². The number of sulfonamides is 1. The molecule has 0 aliphatic carbocycles. The molecule has 0 saturated carbocycles. The molecule has 7 heteroatoms. The predicted octanol–water partition coefficient (Wildman–Crippen LogP) is 3.63. The molecular formula is C23H22N2O4S. The van der Waals surface area contributed by atoms with E-state index < -0.39 is 22.5 Å². The first-order valence-corrected chi connectivity index (χ1v) is 11.1. The normalized spacial score (nSPS) is 11.0. The van der Waals surface area contributed by atoms with E-state index in [9.17, 15) is 18.0 Å². The zero-order chi connectivity index (χ0) is 21.7. The van der Waals surface area contributed by atoms with Crippen molar-refractivity contribution in [3.05, 3.63) is 95.6 Å². The monoisotopic (exact) mass is 422 g/mol. The van der Waals surface area contributed by atoms with Crippen LogP contribution in [0.4, 0.5) is 11.4 Å². The Labute approximate surface area is 176 Å². The molecule has 0 spiro atoms. The van der Waals surface area contributed by atoms with Crippen LogP contribution in [0.5, 0.6) is 0 Å². The zero-order valence-electron chi connectivity index (χ0n) is 16.7. The number of benzene rings is 3. The Kier molecular flexibility index (Phi) is 6.32. The van der Waals surface area contributed by atoms with Crippen molar-refractivity contribution >= 4 is 33.1 Å². The van der Waals surface area contributed by atoms with Crippen molar-refractivity contribution in [1.29, 1.82) is 0 Å². The van der Waals surface area contributed by atoms with Gasteiger partial charge in [-0.05, 0) is 31.2 Å². The molecule has 0 atom stereocenters. The summed E-state index contributed by atoms with van der Waals surface area (Å²) in [6.07, 6.45) is 1.05. The number of rotatable bonds is 7. The molecule has 0 aromatic heterocycles. The summed E-state index contributed by atoms with van der Waals surface area (Å²) in [5.41, 5.74) is 2.53. The van der Waals surface area contributed by atoms with Crippen molar-refractivity contribution < 1.29 is 18.0 Å². The summed E-state index contributed by atoms with van der Waals surface area (Å²) in [7, 11) is -3.68. The third-order valence-corrected chi connectivity index (χ3v) is 5.63. The lowest BCUT2D eigenvalue weighted by molar-refractivity contribution is -0.114. The summed E-state index contributed by atoms with van der Waals surface area (Å²) in [5.74, 6) is -0.778. The van der Waals surface area contributed by atoms with Crippen molar-refractivity contribution in [3.8, 4) is 0 Å². The molecule has 0 radical (unpaired) electrons. The van der Waals surface area contributed by atoms with E-state index in [0.29, 0.717) is 22.5 Å². The minimum atomic E-state index is -3.68. The minimum absolute atomic E-state index is 0.231. The van der Waals surface area contributed by atoms with Gasteiger partial charge in [0, 0.05) is 11.1 Å². The fourth-order valence-corrected chi connectivity index (χ4v) is 3.82. The first-order chi connectivity index (χ1) is 14.3. The van der Waals surface area contributed by atoms with Crippen LogP contribution in [-0.2, 0) is 14.8 Å². The second-order valence-corrected chi connectivity index (χ2v) is 8.80. The second-order valence-electron chi connectivity index (χ2n) is 6.89. The molecule has 0 aliphatic rings. The Morgan fingerprint density at radius 1 is 0.867 bits per heavy atom. The summed E-state index contributed by atoms with van der Waals surface area (Å²) >= 11 is 0. The molecular weight excluding hydrogens is 400 g/mol. The van der Waals surface area contributed by atoms with Gasteiger partial charge >= 0.3 is 0 Å². The SMILES string of the molecule is Cc1ccc(N(CC(=O)Nc2ccccc2C(=O)c2ccccc2)S(C)(=O)=O)cc1. The van der Waals surface area contributed by atoms with Gasteiger partial charge in [0.15, 0.2) is 5.78 Å². The molecule has 0 heterocycles. The Balaban J connectivity index is 1.83. The number of nitrogens with one attached hydrogen (secondary N) is 1. The lowest BCUT2D eigenvalue weighted by atomic mass is 10.0. The van der Waals surface area contributed by atoms with Gasteiger partial charge in [-0.15, -0.1) is 0 Å². The van der Waals surface area contributed by atoms with E-state index in [1.165, 1.54) is 0 Å². The van der Waals surface area contributed by atoms with E-state index in [4.69, 9.17) is 0 Å². The Morgan fingerprint density at radius 3 is 2.10 bits per heavy atom. The molecule has 1 amide bonds. The van der Waals surface area contributed by atoms with Gasteiger partial charge in [-0.25, -0.2) is 8.42 Å². The molecule has 6 nitrogen and oxygen atoms in total. The number of anilines is 2. The van der Waals surface area contributed by atoms with Crippen LogP contribution < -0.4 is 9.62 Å². The van der Waals surface area contributed by atoms with Gasteiger partial charge < -0.3 is 5.32 Å². The van der Waals surface area contributed by atoms with Gasteiger partial charge in [-0.2, -0.15) is 0 Å². The van der Waals surface area contributed by atoms with E-state index in [1.54, 1.807) is 72.8 Å². The molecule has 0 bridgehead atoms. The number of aryl methyl sites for hydroxylation is 1. The van der Waals surface area contributed by atoms with E-state index in [2.05, 4.69) is 5.32 Å². The fourth-order valence-electron chi connectivity index (χ4n) is 2.97. The molecule has 30 heavy (non-hydrogen) atoms. The van der Waals surface area contributed by atoms with E-state index in [1.807, 2.05) is 13.0 Å². The van der Waals surface area contributed by atoms with Gasteiger partial charge in [-0.1, -0.05) is 60.2 Å². The van der Waals surface area contributed by atoms with Crippen LogP contribution in [0.25, 0.3) is 0 Å². The molecule has 1 N–H and O–H groups in total. The second kappa shape index (κ2) is 8.92. The lowest BCUT2D eigenvalue weighted by Gasteiger charge is -2.22. The molecule has 0 saturated heterocycles. The van der Waals surface area contributed by atoms with Gasteiger partial charge in [0.2, 0.25) is 15.9 Å². The van der Waals surface area contributed by atoms with Crippen LogP contribution in [-0.4, -0.2) is 32.9 Å². The van der Waals surface area contributed by atoms with E-state index >= 15 is 0 Å². The minimum Gasteiger partial charge on any atom is -0.324 e. The number of nitrogens with zero attached hydrogens (tertiary/aromatic N) is 1. The molecule has 3 rings (SSSR count). The van der Waals surface area contributed by atoms with Crippen molar-refractivity contribution in [2.75, 3.05) is 22.4 Å². The summed E-state index contributed by atoms with van der Waals surface area (Å²) in [6, 6.07) is 22.2.